The van der Waals surface area contributed by atoms with Crippen molar-refractivity contribution in [1.29, 1.82) is 0 Å². The van der Waals surface area contributed by atoms with Gasteiger partial charge < -0.3 is 15.0 Å². The number of carbonyl (C=O) groups excluding carboxylic acids is 1. The lowest BCUT2D eigenvalue weighted by molar-refractivity contribution is -0.137. The van der Waals surface area contributed by atoms with Crippen molar-refractivity contribution in [2.45, 2.75) is 6.18 Å². The van der Waals surface area contributed by atoms with Crippen LogP contribution in [0.5, 0.6) is 11.5 Å². The smallest absolute Gasteiger partial charge is 0.416 e. The molecular weight excluding hydrogens is 385 g/mol. The number of aromatic amines is 1. The van der Waals surface area contributed by atoms with E-state index in [-0.39, 0.29) is 11.3 Å². The summed E-state index contributed by atoms with van der Waals surface area (Å²) in [6.07, 6.45) is -1.27. The Bertz CT molecular complexity index is 1160. The standard InChI is InChI=1S/C20H13F3N4O2/c21-20(22,23)12-3-8-16-17(10-12)27-18(26-16)19(28)25-13-4-6-14(7-5-13)29-15-2-1-9-24-11-15/h1-11H,(H,25,28)(H,26,27). The molecule has 4 aromatic rings. The number of rotatable bonds is 4. The van der Waals surface area contributed by atoms with E-state index >= 15 is 0 Å². The van der Waals surface area contributed by atoms with E-state index in [9.17, 15) is 18.0 Å². The topological polar surface area (TPSA) is 79.9 Å². The van der Waals surface area contributed by atoms with E-state index in [1.54, 1.807) is 48.8 Å². The van der Waals surface area contributed by atoms with E-state index in [1.807, 2.05) is 0 Å². The molecule has 9 heteroatoms. The number of pyridine rings is 1. The molecule has 1 amide bonds. The Kier molecular flexibility index (Phi) is 4.63. The fraction of sp³-hybridized carbons (Fsp3) is 0.0500. The van der Waals surface area contributed by atoms with E-state index in [2.05, 4.69) is 20.3 Å². The molecule has 0 atom stereocenters. The summed E-state index contributed by atoms with van der Waals surface area (Å²) in [6, 6.07) is 13.2. The number of fused-ring (bicyclic) bond motifs is 1. The number of nitrogens with zero attached hydrogens (tertiary/aromatic N) is 2. The average Bonchev–Trinajstić information content (AvgIpc) is 3.13. The minimum atomic E-state index is -4.48. The van der Waals surface area contributed by atoms with Crippen molar-refractivity contribution in [2.24, 2.45) is 0 Å². The Morgan fingerprint density at radius 1 is 1.03 bits per heavy atom. The van der Waals surface area contributed by atoms with Crippen LogP contribution < -0.4 is 10.1 Å². The SMILES string of the molecule is O=C(Nc1ccc(Oc2cccnc2)cc1)c1nc2cc(C(F)(F)F)ccc2[nH]1. The van der Waals surface area contributed by atoms with Gasteiger partial charge in [0.25, 0.3) is 5.91 Å². The average molecular weight is 398 g/mol. The molecule has 0 spiro atoms. The van der Waals surface area contributed by atoms with Gasteiger partial charge in [-0.15, -0.1) is 0 Å². The zero-order chi connectivity index (χ0) is 20.4. The van der Waals surface area contributed by atoms with Crippen LogP contribution in [0.2, 0.25) is 0 Å². The van der Waals surface area contributed by atoms with Crippen molar-refractivity contribution in [1.82, 2.24) is 15.0 Å². The van der Waals surface area contributed by atoms with Gasteiger partial charge in [-0.3, -0.25) is 9.78 Å². The maximum atomic E-state index is 12.8. The van der Waals surface area contributed by atoms with Crippen LogP contribution in [0.1, 0.15) is 16.2 Å². The number of imidazole rings is 1. The van der Waals surface area contributed by atoms with E-state index in [1.165, 1.54) is 6.07 Å². The predicted octanol–water partition coefficient (Wildman–Crippen LogP) is 5.02. The second-order valence-electron chi connectivity index (χ2n) is 6.08. The summed E-state index contributed by atoms with van der Waals surface area (Å²) in [6.45, 7) is 0. The highest BCUT2D eigenvalue weighted by Gasteiger charge is 2.30. The lowest BCUT2D eigenvalue weighted by Crippen LogP contribution is -2.13. The van der Waals surface area contributed by atoms with Gasteiger partial charge >= 0.3 is 6.18 Å². The maximum Gasteiger partial charge on any atom is 0.416 e. The van der Waals surface area contributed by atoms with Crippen molar-refractivity contribution in [3.63, 3.8) is 0 Å². The molecule has 0 fully saturated rings. The number of H-pyrrole nitrogens is 1. The van der Waals surface area contributed by atoms with Crippen LogP contribution in [0.4, 0.5) is 18.9 Å². The molecule has 0 radical (unpaired) electrons. The molecule has 2 heterocycles. The number of anilines is 1. The summed E-state index contributed by atoms with van der Waals surface area (Å²) >= 11 is 0. The molecule has 4 rings (SSSR count). The largest absolute Gasteiger partial charge is 0.456 e. The molecule has 0 unspecified atom stereocenters. The second kappa shape index (κ2) is 7.27. The van der Waals surface area contributed by atoms with Crippen molar-refractivity contribution < 1.29 is 22.7 Å². The fourth-order valence-electron chi connectivity index (χ4n) is 2.63. The molecule has 2 N–H and O–H groups in total. The van der Waals surface area contributed by atoms with Crippen LogP contribution in [-0.4, -0.2) is 20.9 Å². The summed E-state index contributed by atoms with van der Waals surface area (Å²) in [4.78, 5) is 23.0. The monoisotopic (exact) mass is 398 g/mol. The maximum absolute atomic E-state index is 12.8. The number of nitrogens with one attached hydrogen (secondary N) is 2. The first-order chi connectivity index (χ1) is 13.9. The summed E-state index contributed by atoms with van der Waals surface area (Å²) < 4.78 is 44.0. The molecule has 0 aliphatic rings. The van der Waals surface area contributed by atoms with Gasteiger partial charge in [-0.25, -0.2) is 4.98 Å². The van der Waals surface area contributed by atoms with Crippen molar-refractivity contribution in [3.05, 3.63) is 78.4 Å². The molecule has 0 aliphatic heterocycles. The number of benzene rings is 2. The van der Waals surface area contributed by atoms with Gasteiger partial charge in [0.1, 0.15) is 11.5 Å². The van der Waals surface area contributed by atoms with E-state index in [0.717, 1.165) is 12.1 Å². The number of carbonyl (C=O) groups is 1. The zero-order valence-electron chi connectivity index (χ0n) is 14.7. The first-order valence-electron chi connectivity index (χ1n) is 8.45. The van der Waals surface area contributed by atoms with Gasteiger partial charge in [0.15, 0.2) is 5.82 Å². The Balaban J connectivity index is 1.47. The minimum absolute atomic E-state index is 0.0604. The third-order valence-corrected chi connectivity index (χ3v) is 4.01. The van der Waals surface area contributed by atoms with E-state index < -0.39 is 17.6 Å². The number of alkyl halides is 3. The van der Waals surface area contributed by atoms with Crippen LogP contribution >= 0.6 is 0 Å². The normalized spacial score (nSPS) is 11.4. The molecule has 0 bridgehead atoms. The number of hydrogen-bond acceptors (Lipinski definition) is 4. The van der Waals surface area contributed by atoms with E-state index in [0.29, 0.717) is 22.7 Å². The Morgan fingerprint density at radius 2 is 1.83 bits per heavy atom. The quantitative estimate of drug-likeness (QED) is 0.506. The lowest BCUT2D eigenvalue weighted by Gasteiger charge is -2.07. The molecule has 0 saturated heterocycles. The van der Waals surface area contributed by atoms with Crippen LogP contribution in [0.15, 0.2) is 67.0 Å². The summed E-state index contributed by atoms with van der Waals surface area (Å²) in [5.41, 5.74) is 0.0474. The molecule has 146 valence electrons. The van der Waals surface area contributed by atoms with Crippen molar-refractivity contribution in [2.75, 3.05) is 5.32 Å². The third kappa shape index (κ3) is 4.18. The zero-order valence-corrected chi connectivity index (χ0v) is 14.7. The van der Waals surface area contributed by atoms with Crippen LogP contribution in [0.25, 0.3) is 11.0 Å². The molecule has 2 aromatic heterocycles. The number of ether oxygens (including phenoxy) is 1. The fourth-order valence-corrected chi connectivity index (χ4v) is 2.63. The first-order valence-corrected chi connectivity index (χ1v) is 8.45. The predicted molar refractivity (Wildman–Crippen MR) is 99.8 cm³/mol. The number of halogens is 3. The number of hydrogen-bond donors (Lipinski definition) is 2. The molecule has 0 aliphatic carbocycles. The summed E-state index contributed by atoms with van der Waals surface area (Å²) in [5, 5.41) is 2.63. The van der Waals surface area contributed by atoms with Gasteiger partial charge in [0, 0.05) is 11.9 Å². The van der Waals surface area contributed by atoms with Gasteiger partial charge in [-0.1, -0.05) is 0 Å². The lowest BCUT2D eigenvalue weighted by atomic mass is 10.2. The van der Waals surface area contributed by atoms with Gasteiger partial charge in [-0.05, 0) is 54.6 Å². The number of amides is 1. The van der Waals surface area contributed by atoms with Gasteiger partial charge in [0.2, 0.25) is 0 Å². The highest BCUT2D eigenvalue weighted by Crippen LogP contribution is 2.31. The molecule has 2 aromatic carbocycles. The molecule has 6 nitrogen and oxygen atoms in total. The van der Waals surface area contributed by atoms with E-state index in [4.69, 9.17) is 4.74 Å². The van der Waals surface area contributed by atoms with Gasteiger partial charge in [-0.2, -0.15) is 13.2 Å². The summed E-state index contributed by atoms with van der Waals surface area (Å²) in [7, 11) is 0. The Hall–Kier alpha value is -3.88. The Labute approximate surface area is 162 Å². The summed E-state index contributed by atoms with van der Waals surface area (Å²) in [5.74, 6) is 0.468. The van der Waals surface area contributed by atoms with Crippen LogP contribution in [0.3, 0.4) is 0 Å². The molecule has 0 saturated carbocycles. The highest BCUT2D eigenvalue weighted by atomic mass is 19.4. The Morgan fingerprint density at radius 3 is 2.52 bits per heavy atom. The van der Waals surface area contributed by atoms with Crippen molar-refractivity contribution in [3.8, 4) is 11.5 Å². The van der Waals surface area contributed by atoms with Gasteiger partial charge in [0.05, 0.1) is 22.8 Å². The first kappa shape index (κ1) is 18.5. The highest BCUT2D eigenvalue weighted by molar-refractivity contribution is 6.03. The van der Waals surface area contributed by atoms with Crippen LogP contribution in [-0.2, 0) is 6.18 Å². The second-order valence-corrected chi connectivity index (χ2v) is 6.08. The van der Waals surface area contributed by atoms with Crippen molar-refractivity contribution >= 4 is 22.6 Å². The van der Waals surface area contributed by atoms with Crippen LogP contribution in [0, 0.1) is 0 Å². The molecule has 29 heavy (non-hydrogen) atoms. The number of aromatic nitrogens is 3. The molecular formula is C20H13F3N4O2. The minimum Gasteiger partial charge on any atom is -0.456 e. The third-order valence-electron chi connectivity index (χ3n) is 4.01.